The Labute approximate surface area is 108 Å². The average Bonchev–Trinajstić information content (AvgIpc) is 2.40. The molecule has 0 fully saturated rings. The molecule has 18 heavy (non-hydrogen) atoms. The molecule has 1 aromatic carbocycles. The molecular weight excluding hydrogens is 224 g/mol. The third-order valence-corrected chi connectivity index (χ3v) is 2.79. The Hall–Kier alpha value is -1.87. The molecule has 0 spiro atoms. The number of nitrogens with two attached hydrogens (primary N) is 1. The van der Waals surface area contributed by atoms with Crippen molar-refractivity contribution >= 4 is 0 Å². The summed E-state index contributed by atoms with van der Waals surface area (Å²) in [5.41, 5.74) is 7.16. The van der Waals surface area contributed by atoms with Crippen LogP contribution in [0.15, 0.2) is 48.8 Å². The molecule has 0 radical (unpaired) electrons. The minimum atomic E-state index is 0.207. The summed E-state index contributed by atoms with van der Waals surface area (Å²) in [6.45, 7) is 2.10. The van der Waals surface area contributed by atoms with E-state index in [1.165, 1.54) is 5.56 Å². The quantitative estimate of drug-likeness (QED) is 0.876. The van der Waals surface area contributed by atoms with Gasteiger partial charge in [-0.15, -0.1) is 0 Å². The Morgan fingerprint density at radius 2 is 2.06 bits per heavy atom. The summed E-state index contributed by atoms with van der Waals surface area (Å²) in [4.78, 5) is 4.02. The van der Waals surface area contributed by atoms with Gasteiger partial charge in [0.2, 0.25) is 0 Å². The van der Waals surface area contributed by atoms with Gasteiger partial charge >= 0.3 is 0 Å². The van der Waals surface area contributed by atoms with Crippen LogP contribution in [0.4, 0.5) is 0 Å². The minimum absolute atomic E-state index is 0.207. The zero-order valence-corrected chi connectivity index (χ0v) is 10.5. The van der Waals surface area contributed by atoms with E-state index in [4.69, 9.17) is 10.5 Å². The number of benzene rings is 1. The lowest BCUT2D eigenvalue weighted by Gasteiger charge is -2.10. The Bertz CT molecular complexity index is 485. The van der Waals surface area contributed by atoms with Gasteiger partial charge in [-0.25, -0.2) is 0 Å². The number of pyridine rings is 1. The van der Waals surface area contributed by atoms with Crippen LogP contribution in [0.5, 0.6) is 11.5 Å². The van der Waals surface area contributed by atoms with Crippen molar-refractivity contribution in [2.45, 2.75) is 25.8 Å². The van der Waals surface area contributed by atoms with Gasteiger partial charge in [0.15, 0.2) is 0 Å². The third kappa shape index (κ3) is 3.57. The summed E-state index contributed by atoms with van der Waals surface area (Å²) in [5, 5.41) is 0. The number of ether oxygens (including phenoxy) is 1. The van der Waals surface area contributed by atoms with Crippen molar-refractivity contribution in [1.82, 2.24) is 4.98 Å². The maximum atomic E-state index is 5.96. The van der Waals surface area contributed by atoms with E-state index in [0.29, 0.717) is 0 Å². The molecule has 1 unspecified atom stereocenters. The van der Waals surface area contributed by atoms with Gasteiger partial charge in [0.05, 0.1) is 6.20 Å². The van der Waals surface area contributed by atoms with Crippen molar-refractivity contribution in [1.29, 1.82) is 0 Å². The molecule has 1 heterocycles. The number of hydrogen-bond donors (Lipinski definition) is 1. The van der Waals surface area contributed by atoms with Gasteiger partial charge in [-0.3, -0.25) is 4.98 Å². The van der Waals surface area contributed by atoms with E-state index in [1.54, 1.807) is 12.4 Å². The predicted octanol–water partition coefficient (Wildman–Crippen LogP) is 3.15. The molecule has 2 aromatic rings. The molecule has 0 aliphatic rings. The largest absolute Gasteiger partial charge is 0.456 e. The van der Waals surface area contributed by atoms with Crippen LogP contribution in [-0.4, -0.2) is 11.0 Å². The first kappa shape index (κ1) is 12.6. The maximum absolute atomic E-state index is 5.96. The molecule has 2 rings (SSSR count). The first-order valence-corrected chi connectivity index (χ1v) is 6.20. The van der Waals surface area contributed by atoms with Crippen molar-refractivity contribution < 1.29 is 4.74 Å². The number of rotatable bonds is 5. The van der Waals surface area contributed by atoms with Crippen LogP contribution in [-0.2, 0) is 6.42 Å². The van der Waals surface area contributed by atoms with Crippen LogP contribution in [0.25, 0.3) is 0 Å². The summed E-state index contributed by atoms with van der Waals surface area (Å²) in [6, 6.07) is 12.0. The molecule has 94 valence electrons. The molecule has 0 amide bonds. The Morgan fingerprint density at radius 3 is 2.78 bits per heavy atom. The lowest BCUT2D eigenvalue weighted by Crippen LogP contribution is -2.21. The molecule has 0 saturated heterocycles. The van der Waals surface area contributed by atoms with Crippen molar-refractivity contribution in [3.05, 3.63) is 54.4 Å². The predicted molar refractivity (Wildman–Crippen MR) is 72.7 cm³/mol. The zero-order valence-electron chi connectivity index (χ0n) is 10.5. The topological polar surface area (TPSA) is 48.1 Å². The van der Waals surface area contributed by atoms with Crippen molar-refractivity contribution in [3.63, 3.8) is 0 Å². The molecule has 3 heteroatoms. The summed E-state index contributed by atoms with van der Waals surface area (Å²) < 4.78 is 5.73. The highest BCUT2D eigenvalue weighted by molar-refractivity contribution is 5.33. The minimum Gasteiger partial charge on any atom is -0.456 e. The van der Waals surface area contributed by atoms with Crippen molar-refractivity contribution in [3.8, 4) is 11.5 Å². The van der Waals surface area contributed by atoms with Gasteiger partial charge in [-0.05, 0) is 42.7 Å². The number of hydrogen-bond acceptors (Lipinski definition) is 3. The van der Waals surface area contributed by atoms with Crippen LogP contribution in [0.3, 0.4) is 0 Å². The van der Waals surface area contributed by atoms with Crippen LogP contribution >= 0.6 is 0 Å². The summed E-state index contributed by atoms with van der Waals surface area (Å²) in [7, 11) is 0. The summed E-state index contributed by atoms with van der Waals surface area (Å²) in [6.07, 6.45) is 5.28. The van der Waals surface area contributed by atoms with Gasteiger partial charge < -0.3 is 10.5 Å². The normalized spacial score (nSPS) is 12.1. The molecule has 0 aliphatic carbocycles. The maximum Gasteiger partial charge on any atom is 0.145 e. The number of aromatic nitrogens is 1. The zero-order chi connectivity index (χ0) is 12.8. The van der Waals surface area contributed by atoms with Crippen LogP contribution in [0.2, 0.25) is 0 Å². The average molecular weight is 242 g/mol. The Kier molecular flexibility index (Phi) is 4.31. The first-order valence-electron chi connectivity index (χ1n) is 6.20. The lowest BCUT2D eigenvalue weighted by molar-refractivity contribution is 0.479. The highest BCUT2D eigenvalue weighted by Crippen LogP contribution is 2.21. The molecule has 1 aromatic heterocycles. The van der Waals surface area contributed by atoms with Gasteiger partial charge in [0.1, 0.15) is 11.5 Å². The Balaban J connectivity index is 2.08. The van der Waals surface area contributed by atoms with Gasteiger partial charge in [0.25, 0.3) is 0 Å². The SMILES string of the molecule is CCC(N)Cc1cccc(Oc2cccnc2)c1. The molecule has 0 aliphatic heterocycles. The molecule has 1 atom stereocenters. The Morgan fingerprint density at radius 1 is 1.22 bits per heavy atom. The molecule has 3 nitrogen and oxygen atoms in total. The fourth-order valence-corrected chi connectivity index (χ4v) is 1.73. The van der Waals surface area contributed by atoms with Gasteiger partial charge in [0, 0.05) is 12.2 Å². The van der Waals surface area contributed by atoms with E-state index in [1.807, 2.05) is 30.3 Å². The fourth-order valence-electron chi connectivity index (χ4n) is 1.73. The highest BCUT2D eigenvalue weighted by atomic mass is 16.5. The van der Waals surface area contributed by atoms with E-state index >= 15 is 0 Å². The van der Waals surface area contributed by atoms with E-state index in [-0.39, 0.29) is 6.04 Å². The van der Waals surface area contributed by atoms with Crippen LogP contribution in [0, 0.1) is 0 Å². The summed E-state index contributed by atoms with van der Waals surface area (Å²) in [5.74, 6) is 1.57. The molecule has 0 bridgehead atoms. The number of nitrogens with zero attached hydrogens (tertiary/aromatic N) is 1. The summed E-state index contributed by atoms with van der Waals surface area (Å²) >= 11 is 0. The standard InChI is InChI=1S/C15H18N2O/c1-2-13(16)9-12-5-3-6-14(10-12)18-15-7-4-8-17-11-15/h3-8,10-11,13H,2,9,16H2,1H3. The third-order valence-electron chi connectivity index (χ3n) is 2.79. The van der Waals surface area contributed by atoms with Crippen LogP contribution in [0.1, 0.15) is 18.9 Å². The van der Waals surface area contributed by atoms with Crippen LogP contribution < -0.4 is 10.5 Å². The highest BCUT2D eigenvalue weighted by Gasteiger charge is 2.03. The second-order valence-corrected chi connectivity index (χ2v) is 4.31. The molecular formula is C15H18N2O. The van der Waals surface area contributed by atoms with Gasteiger partial charge in [-0.2, -0.15) is 0 Å². The van der Waals surface area contributed by atoms with Crippen molar-refractivity contribution in [2.75, 3.05) is 0 Å². The van der Waals surface area contributed by atoms with E-state index in [9.17, 15) is 0 Å². The molecule has 0 saturated carbocycles. The second-order valence-electron chi connectivity index (χ2n) is 4.31. The van der Waals surface area contributed by atoms with E-state index < -0.39 is 0 Å². The second kappa shape index (κ2) is 6.17. The van der Waals surface area contributed by atoms with Crippen molar-refractivity contribution in [2.24, 2.45) is 5.73 Å². The van der Waals surface area contributed by atoms with Gasteiger partial charge in [-0.1, -0.05) is 19.1 Å². The van der Waals surface area contributed by atoms with E-state index in [2.05, 4.69) is 18.0 Å². The first-order chi connectivity index (χ1) is 8.78. The van der Waals surface area contributed by atoms with E-state index in [0.717, 1.165) is 24.3 Å². The molecule has 2 N–H and O–H groups in total. The smallest absolute Gasteiger partial charge is 0.145 e. The fraction of sp³-hybridized carbons (Fsp3) is 0.267. The monoisotopic (exact) mass is 242 g/mol. The lowest BCUT2D eigenvalue weighted by atomic mass is 10.0.